The van der Waals surface area contributed by atoms with E-state index in [4.69, 9.17) is 4.55 Å². The van der Waals surface area contributed by atoms with Gasteiger partial charge in [-0.3, -0.25) is 4.55 Å². The lowest BCUT2D eigenvalue weighted by atomic mass is 9.97. The zero-order valence-electron chi connectivity index (χ0n) is 7.79. The molecule has 0 saturated carbocycles. The van der Waals surface area contributed by atoms with E-state index in [9.17, 15) is 4.21 Å². The Kier molecular flexibility index (Phi) is 5.54. The van der Waals surface area contributed by atoms with Crippen LogP contribution in [-0.2, 0) is 11.3 Å². The lowest BCUT2D eigenvalue weighted by Gasteiger charge is -2.12. The maximum Gasteiger partial charge on any atom is 0.231 e. The van der Waals surface area contributed by atoms with Crippen molar-refractivity contribution in [3.63, 3.8) is 0 Å². The van der Waals surface area contributed by atoms with Gasteiger partial charge in [0.2, 0.25) is 11.3 Å². The molecule has 4 nitrogen and oxygen atoms in total. The Morgan fingerprint density at radius 3 is 3.08 bits per heavy atom. The zero-order valence-corrected chi connectivity index (χ0v) is 8.61. The Balaban J connectivity index is 2.08. The molecule has 1 aliphatic rings. The number of rotatable bonds is 4. The van der Waals surface area contributed by atoms with E-state index in [-0.39, 0.29) is 0 Å². The molecule has 1 rings (SSSR count). The van der Waals surface area contributed by atoms with E-state index in [1.165, 1.54) is 19.3 Å². The van der Waals surface area contributed by atoms with Crippen molar-refractivity contribution < 1.29 is 8.76 Å². The van der Waals surface area contributed by atoms with Crippen LogP contribution in [0.5, 0.6) is 0 Å². The fourth-order valence-corrected chi connectivity index (χ4v) is 2.02. The smallest absolute Gasteiger partial charge is 0.231 e. The summed E-state index contributed by atoms with van der Waals surface area (Å²) in [6.07, 6.45) is 4.67. The minimum absolute atomic E-state index is 0.647. The highest BCUT2D eigenvalue weighted by molar-refractivity contribution is 7.77. The summed E-state index contributed by atoms with van der Waals surface area (Å²) in [5.41, 5.74) is 0. The quantitative estimate of drug-likeness (QED) is 0.587. The summed E-state index contributed by atoms with van der Waals surface area (Å²) < 4.78 is 21.3. The lowest BCUT2D eigenvalue weighted by molar-refractivity contribution is 0.435. The summed E-state index contributed by atoms with van der Waals surface area (Å²) in [5, 5.41) is 3.35. The zero-order chi connectivity index (χ0) is 9.52. The maximum absolute atomic E-state index is 10.3. The van der Waals surface area contributed by atoms with Gasteiger partial charge in [-0.1, -0.05) is 0 Å². The van der Waals surface area contributed by atoms with Crippen molar-refractivity contribution in [3.05, 3.63) is 0 Å². The minimum Gasteiger partial charge on any atom is -0.317 e. The van der Waals surface area contributed by atoms with Crippen LogP contribution in [0.3, 0.4) is 0 Å². The Labute approximate surface area is 81.9 Å². The first-order chi connectivity index (χ1) is 6.29. The molecule has 13 heavy (non-hydrogen) atoms. The van der Waals surface area contributed by atoms with Crippen molar-refractivity contribution in [2.45, 2.75) is 25.7 Å². The van der Waals surface area contributed by atoms with Gasteiger partial charge in [0, 0.05) is 6.54 Å². The van der Waals surface area contributed by atoms with E-state index in [2.05, 4.69) is 10.0 Å². The van der Waals surface area contributed by atoms with Gasteiger partial charge in [0.15, 0.2) is 0 Å². The van der Waals surface area contributed by atoms with Crippen LogP contribution in [0.1, 0.15) is 25.7 Å². The van der Waals surface area contributed by atoms with Crippen LogP contribution in [0.25, 0.3) is 0 Å². The van der Waals surface area contributed by atoms with Crippen molar-refractivity contribution in [1.29, 1.82) is 0 Å². The van der Waals surface area contributed by atoms with Gasteiger partial charge >= 0.3 is 0 Å². The first-order valence-electron chi connectivity index (χ1n) is 4.84. The molecule has 2 unspecified atom stereocenters. The maximum atomic E-state index is 10.3. The van der Waals surface area contributed by atoms with E-state index >= 15 is 0 Å². The van der Waals surface area contributed by atoms with E-state index in [0.717, 1.165) is 19.5 Å². The predicted octanol–water partition coefficient (Wildman–Crippen LogP) is 0.492. The van der Waals surface area contributed by atoms with Crippen LogP contribution in [0.15, 0.2) is 0 Å². The van der Waals surface area contributed by atoms with Crippen molar-refractivity contribution in [1.82, 2.24) is 10.0 Å². The Morgan fingerprint density at radius 2 is 2.31 bits per heavy atom. The minimum atomic E-state index is -1.84. The molecule has 0 aromatic heterocycles. The van der Waals surface area contributed by atoms with Gasteiger partial charge in [-0.05, 0) is 44.7 Å². The van der Waals surface area contributed by atoms with Gasteiger partial charge in [0.1, 0.15) is 0 Å². The highest BCUT2D eigenvalue weighted by Gasteiger charge is 2.11. The Morgan fingerprint density at radius 1 is 1.46 bits per heavy atom. The second kappa shape index (κ2) is 6.48. The fourth-order valence-electron chi connectivity index (χ4n) is 1.73. The summed E-state index contributed by atoms with van der Waals surface area (Å²) in [4.78, 5) is 0. The van der Waals surface area contributed by atoms with Crippen LogP contribution >= 0.6 is 0 Å². The van der Waals surface area contributed by atoms with Crippen LogP contribution in [0.4, 0.5) is 0 Å². The second-order valence-corrected chi connectivity index (χ2v) is 4.27. The Bertz CT molecular complexity index is 158. The topological polar surface area (TPSA) is 61.4 Å². The molecule has 1 saturated heterocycles. The van der Waals surface area contributed by atoms with Crippen molar-refractivity contribution in [3.8, 4) is 0 Å². The second-order valence-electron chi connectivity index (χ2n) is 3.48. The van der Waals surface area contributed by atoms with Crippen molar-refractivity contribution in [2.75, 3.05) is 19.6 Å². The average molecular weight is 206 g/mol. The molecule has 1 fully saturated rings. The number of nitrogens with one attached hydrogen (secondary N) is 2. The van der Waals surface area contributed by atoms with Gasteiger partial charge in [0.05, 0.1) is 0 Å². The third-order valence-electron chi connectivity index (χ3n) is 2.47. The van der Waals surface area contributed by atoms with Crippen LogP contribution in [0.2, 0.25) is 0 Å². The molecule has 0 amide bonds. The van der Waals surface area contributed by atoms with E-state index in [1.807, 2.05) is 0 Å². The third kappa shape index (κ3) is 5.36. The molecule has 0 aliphatic carbocycles. The normalized spacial score (nSPS) is 26.7. The average Bonchev–Trinajstić information content (AvgIpc) is 2.32. The molecule has 0 aromatic rings. The van der Waals surface area contributed by atoms with Crippen LogP contribution < -0.4 is 10.0 Å². The van der Waals surface area contributed by atoms with E-state index < -0.39 is 11.3 Å². The van der Waals surface area contributed by atoms with Gasteiger partial charge < -0.3 is 5.32 Å². The SMILES string of the molecule is O=S(O)NCCC1CCCNCC1. The molecule has 0 radical (unpaired) electrons. The Hall–Kier alpha value is 0.0300. The highest BCUT2D eigenvalue weighted by Crippen LogP contribution is 2.16. The van der Waals surface area contributed by atoms with Crippen molar-refractivity contribution in [2.24, 2.45) is 5.92 Å². The summed E-state index contributed by atoms with van der Waals surface area (Å²) in [5.74, 6) is 0.714. The van der Waals surface area contributed by atoms with Crippen molar-refractivity contribution >= 4 is 11.3 Å². The monoisotopic (exact) mass is 206 g/mol. The number of hydrogen-bond donors (Lipinski definition) is 3. The molecule has 78 valence electrons. The molecule has 2 atom stereocenters. The summed E-state index contributed by atoms with van der Waals surface area (Å²) >= 11 is -1.84. The molecule has 0 aromatic carbocycles. The lowest BCUT2D eigenvalue weighted by Crippen LogP contribution is -2.20. The van der Waals surface area contributed by atoms with Gasteiger partial charge in [-0.15, -0.1) is 0 Å². The highest BCUT2D eigenvalue weighted by atomic mass is 32.2. The molecule has 3 N–H and O–H groups in total. The third-order valence-corrected chi connectivity index (χ3v) is 2.92. The predicted molar refractivity (Wildman–Crippen MR) is 53.6 cm³/mol. The number of hydrogen-bond acceptors (Lipinski definition) is 2. The van der Waals surface area contributed by atoms with Crippen LogP contribution in [-0.4, -0.2) is 28.4 Å². The van der Waals surface area contributed by atoms with Gasteiger partial charge in [-0.25, -0.2) is 8.93 Å². The standard InChI is InChI=1S/C8H18N2O2S/c11-13(12)10-7-4-8-2-1-5-9-6-3-8/h8-10H,1-7H2,(H,11,12). The summed E-state index contributed by atoms with van der Waals surface area (Å²) in [6.45, 7) is 2.86. The van der Waals surface area contributed by atoms with Gasteiger partial charge in [0.25, 0.3) is 0 Å². The largest absolute Gasteiger partial charge is 0.317 e. The molecule has 5 heteroatoms. The molecule has 1 heterocycles. The molecular formula is C8H18N2O2S. The molecular weight excluding hydrogens is 188 g/mol. The summed E-state index contributed by atoms with van der Waals surface area (Å²) in [7, 11) is 0. The first-order valence-corrected chi connectivity index (χ1v) is 5.95. The summed E-state index contributed by atoms with van der Waals surface area (Å²) in [6, 6.07) is 0. The first kappa shape index (κ1) is 11.1. The van der Waals surface area contributed by atoms with Crippen LogP contribution in [0, 0.1) is 5.92 Å². The van der Waals surface area contributed by atoms with E-state index in [0.29, 0.717) is 12.5 Å². The molecule has 1 aliphatic heterocycles. The molecule has 0 spiro atoms. The van der Waals surface area contributed by atoms with E-state index in [1.54, 1.807) is 0 Å². The fraction of sp³-hybridized carbons (Fsp3) is 1.00. The molecule has 0 bridgehead atoms. The van der Waals surface area contributed by atoms with Gasteiger partial charge in [-0.2, -0.15) is 0 Å².